The predicted molar refractivity (Wildman–Crippen MR) is 107 cm³/mol. The number of fused-ring (bicyclic) bond motifs is 5. The minimum absolute atomic E-state index is 0.0118. The van der Waals surface area contributed by atoms with E-state index in [1.807, 2.05) is 0 Å². The Labute approximate surface area is 166 Å². The molecule has 2 N–H and O–H groups in total. The van der Waals surface area contributed by atoms with E-state index in [4.69, 9.17) is 4.42 Å². The highest BCUT2D eigenvalue weighted by atomic mass is 16.4. The SMILES string of the molecule is C[C@]12[C@H](O)C[C@H]3[C@H](CC=C4C=CCC[C@@]43C)[C@@]1(O)CC[C@@H]2c1ccc(=O)oc1. The number of aliphatic hydroxyl groups is 2. The van der Waals surface area contributed by atoms with Gasteiger partial charge in [0.2, 0.25) is 0 Å². The average molecular weight is 383 g/mol. The van der Waals surface area contributed by atoms with Gasteiger partial charge in [0.15, 0.2) is 0 Å². The Balaban J connectivity index is 1.59. The monoisotopic (exact) mass is 382 g/mol. The number of aliphatic hydroxyl groups excluding tert-OH is 1. The number of allylic oxidation sites excluding steroid dienone is 4. The molecule has 150 valence electrons. The van der Waals surface area contributed by atoms with Crippen LogP contribution in [0.4, 0.5) is 0 Å². The second-order valence-electron chi connectivity index (χ2n) is 9.90. The van der Waals surface area contributed by atoms with E-state index in [2.05, 4.69) is 32.1 Å². The Morgan fingerprint density at radius 3 is 2.75 bits per heavy atom. The van der Waals surface area contributed by atoms with E-state index in [-0.39, 0.29) is 28.8 Å². The minimum Gasteiger partial charge on any atom is -0.431 e. The van der Waals surface area contributed by atoms with Gasteiger partial charge >= 0.3 is 5.63 Å². The topological polar surface area (TPSA) is 70.7 Å². The molecule has 2 fully saturated rings. The lowest BCUT2D eigenvalue weighted by Gasteiger charge is -2.62. The maximum atomic E-state index is 12.1. The molecule has 1 aromatic rings. The molecule has 4 aliphatic rings. The number of hydrogen-bond donors (Lipinski definition) is 2. The fourth-order valence-electron chi connectivity index (χ4n) is 7.35. The maximum absolute atomic E-state index is 12.1. The van der Waals surface area contributed by atoms with Crippen LogP contribution in [0.15, 0.2) is 51.4 Å². The average Bonchev–Trinajstić information content (AvgIpc) is 2.96. The standard InChI is InChI=1S/C24H30O4/c1-22-11-4-3-5-16(22)7-8-18-19(22)13-20(25)23(2)17(10-12-24(18,23)27)15-6-9-21(26)28-14-15/h3,5-7,9,14,17-20,25,27H,4,8,10-13H2,1-2H3/t17-,18+,19+,20-,22+,23+,24+/m1/s1. The molecule has 0 aromatic carbocycles. The van der Waals surface area contributed by atoms with Gasteiger partial charge < -0.3 is 14.6 Å². The Morgan fingerprint density at radius 1 is 1.18 bits per heavy atom. The van der Waals surface area contributed by atoms with Crippen molar-refractivity contribution in [1.82, 2.24) is 0 Å². The van der Waals surface area contributed by atoms with Crippen LogP contribution in [0.2, 0.25) is 0 Å². The second-order valence-corrected chi connectivity index (χ2v) is 9.90. The Hall–Kier alpha value is -1.65. The third-order valence-electron chi connectivity index (χ3n) is 9.06. The summed E-state index contributed by atoms with van der Waals surface area (Å²) in [4.78, 5) is 11.4. The van der Waals surface area contributed by atoms with Crippen molar-refractivity contribution in [2.45, 2.75) is 70.0 Å². The van der Waals surface area contributed by atoms with Gasteiger partial charge in [0, 0.05) is 11.5 Å². The summed E-state index contributed by atoms with van der Waals surface area (Å²) in [6.45, 7) is 4.38. The molecule has 4 heteroatoms. The zero-order valence-electron chi connectivity index (χ0n) is 16.7. The fraction of sp³-hybridized carbons (Fsp3) is 0.625. The van der Waals surface area contributed by atoms with Crippen LogP contribution in [0.25, 0.3) is 0 Å². The van der Waals surface area contributed by atoms with Crippen molar-refractivity contribution in [3.05, 3.63) is 58.2 Å². The summed E-state index contributed by atoms with van der Waals surface area (Å²) in [5, 5.41) is 23.6. The molecule has 0 saturated heterocycles. The van der Waals surface area contributed by atoms with Gasteiger partial charge in [-0.1, -0.05) is 32.1 Å². The summed E-state index contributed by atoms with van der Waals surface area (Å²) >= 11 is 0. The van der Waals surface area contributed by atoms with E-state index in [9.17, 15) is 15.0 Å². The zero-order chi connectivity index (χ0) is 19.7. The van der Waals surface area contributed by atoms with E-state index in [0.717, 1.165) is 37.7 Å². The van der Waals surface area contributed by atoms with Crippen LogP contribution in [0.1, 0.15) is 63.9 Å². The molecular weight excluding hydrogens is 352 g/mol. The molecule has 0 bridgehead atoms. The molecule has 4 aliphatic carbocycles. The van der Waals surface area contributed by atoms with E-state index in [1.54, 1.807) is 6.07 Å². The largest absolute Gasteiger partial charge is 0.431 e. The first-order valence-electron chi connectivity index (χ1n) is 10.7. The van der Waals surface area contributed by atoms with Crippen LogP contribution < -0.4 is 5.63 Å². The summed E-state index contributed by atoms with van der Waals surface area (Å²) in [7, 11) is 0. The molecule has 1 aromatic heterocycles. The van der Waals surface area contributed by atoms with Crippen molar-refractivity contribution < 1.29 is 14.6 Å². The number of rotatable bonds is 1. The predicted octanol–water partition coefficient (Wildman–Crippen LogP) is 3.94. The maximum Gasteiger partial charge on any atom is 0.335 e. The van der Waals surface area contributed by atoms with Crippen LogP contribution >= 0.6 is 0 Å². The highest BCUT2D eigenvalue weighted by molar-refractivity contribution is 5.37. The van der Waals surface area contributed by atoms with Gasteiger partial charge in [0.25, 0.3) is 0 Å². The molecule has 4 nitrogen and oxygen atoms in total. The second kappa shape index (κ2) is 5.93. The lowest BCUT2D eigenvalue weighted by Crippen LogP contribution is -2.65. The Morgan fingerprint density at radius 2 is 2.00 bits per heavy atom. The summed E-state index contributed by atoms with van der Waals surface area (Å²) in [6.07, 6.45) is 13.0. The highest BCUT2D eigenvalue weighted by Crippen LogP contribution is 2.69. The van der Waals surface area contributed by atoms with Gasteiger partial charge in [0.05, 0.1) is 18.0 Å². The lowest BCUT2D eigenvalue weighted by molar-refractivity contribution is -0.215. The van der Waals surface area contributed by atoms with Crippen LogP contribution in [0.3, 0.4) is 0 Å². The molecule has 0 unspecified atom stereocenters. The van der Waals surface area contributed by atoms with Crippen LogP contribution in [0.5, 0.6) is 0 Å². The van der Waals surface area contributed by atoms with Crippen molar-refractivity contribution in [1.29, 1.82) is 0 Å². The highest BCUT2D eigenvalue weighted by Gasteiger charge is 2.69. The van der Waals surface area contributed by atoms with Crippen LogP contribution in [0, 0.1) is 22.7 Å². The van der Waals surface area contributed by atoms with E-state index >= 15 is 0 Å². The first-order valence-corrected chi connectivity index (χ1v) is 10.7. The third kappa shape index (κ3) is 2.16. The minimum atomic E-state index is -0.914. The summed E-state index contributed by atoms with van der Waals surface area (Å²) < 4.78 is 5.12. The van der Waals surface area contributed by atoms with Gasteiger partial charge in [-0.15, -0.1) is 0 Å². The van der Waals surface area contributed by atoms with Crippen LogP contribution in [-0.4, -0.2) is 21.9 Å². The number of hydrogen-bond acceptors (Lipinski definition) is 4. The third-order valence-corrected chi connectivity index (χ3v) is 9.06. The lowest BCUT2D eigenvalue weighted by atomic mass is 9.45. The molecule has 1 heterocycles. The molecule has 0 radical (unpaired) electrons. The van der Waals surface area contributed by atoms with Gasteiger partial charge in [0.1, 0.15) is 0 Å². The zero-order valence-corrected chi connectivity index (χ0v) is 16.7. The molecule has 0 spiro atoms. The van der Waals surface area contributed by atoms with Gasteiger partial charge in [-0.05, 0) is 78.9 Å². The van der Waals surface area contributed by atoms with Gasteiger partial charge in [-0.3, -0.25) is 0 Å². The Kier molecular flexibility index (Phi) is 3.89. The van der Waals surface area contributed by atoms with Crippen molar-refractivity contribution in [3.8, 4) is 0 Å². The molecule has 0 amide bonds. The van der Waals surface area contributed by atoms with Crippen LogP contribution in [-0.2, 0) is 0 Å². The fourth-order valence-corrected chi connectivity index (χ4v) is 7.35. The van der Waals surface area contributed by atoms with Gasteiger partial charge in [-0.2, -0.15) is 0 Å². The van der Waals surface area contributed by atoms with Gasteiger partial charge in [-0.25, -0.2) is 4.79 Å². The van der Waals surface area contributed by atoms with Crippen molar-refractivity contribution in [2.75, 3.05) is 0 Å². The van der Waals surface area contributed by atoms with Crippen molar-refractivity contribution in [2.24, 2.45) is 22.7 Å². The summed E-state index contributed by atoms with van der Waals surface area (Å²) in [6, 6.07) is 3.25. The molecule has 7 atom stereocenters. The quantitative estimate of drug-likeness (QED) is 0.772. The van der Waals surface area contributed by atoms with Crippen molar-refractivity contribution >= 4 is 0 Å². The summed E-state index contributed by atoms with van der Waals surface area (Å²) in [5.41, 5.74) is 0.415. The van der Waals surface area contributed by atoms with E-state index in [0.29, 0.717) is 6.42 Å². The van der Waals surface area contributed by atoms with E-state index < -0.39 is 17.1 Å². The molecule has 0 aliphatic heterocycles. The molecular formula is C24H30O4. The first kappa shape index (κ1) is 18.4. The smallest absolute Gasteiger partial charge is 0.335 e. The first-order chi connectivity index (χ1) is 13.3. The Bertz CT molecular complexity index is 893. The molecule has 2 saturated carbocycles. The summed E-state index contributed by atoms with van der Waals surface area (Å²) in [5.74, 6) is 0.432. The normalized spacial score (nSPS) is 47.1. The molecule has 28 heavy (non-hydrogen) atoms. The van der Waals surface area contributed by atoms with E-state index in [1.165, 1.54) is 17.9 Å². The molecule has 5 rings (SSSR count). The van der Waals surface area contributed by atoms with Crippen molar-refractivity contribution in [3.63, 3.8) is 0 Å².